The zero-order valence-electron chi connectivity index (χ0n) is 11.9. The van der Waals surface area contributed by atoms with Gasteiger partial charge in [-0.3, -0.25) is 4.79 Å². The largest absolute Gasteiger partial charge is 0.393 e. The highest BCUT2D eigenvalue weighted by atomic mass is 35.5. The van der Waals surface area contributed by atoms with Crippen molar-refractivity contribution in [2.45, 2.75) is 23.8 Å². The molecule has 0 saturated heterocycles. The molecule has 2 rings (SSSR count). The van der Waals surface area contributed by atoms with Crippen molar-refractivity contribution in [1.29, 1.82) is 0 Å². The van der Waals surface area contributed by atoms with Gasteiger partial charge in [0.05, 0.1) is 16.0 Å². The lowest BCUT2D eigenvalue weighted by atomic mass is 9.82. The van der Waals surface area contributed by atoms with E-state index < -0.39 is 9.84 Å². The molecule has 1 fully saturated rings. The lowest BCUT2D eigenvalue weighted by Crippen LogP contribution is -2.39. The summed E-state index contributed by atoms with van der Waals surface area (Å²) < 4.78 is 23.3. The third-order valence-electron chi connectivity index (χ3n) is 3.67. The summed E-state index contributed by atoms with van der Waals surface area (Å²) in [5.41, 5.74) is 0.294. The zero-order valence-corrected chi connectivity index (χ0v) is 13.5. The second-order valence-electron chi connectivity index (χ2n) is 5.59. The van der Waals surface area contributed by atoms with E-state index in [9.17, 15) is 18.3 Å². The van der Waals surface area contributed by atoms with Crippen molar-refractivity contribution in [2.24, 2.45) is 5.92 Å². The first kappa shape index (κ1) is 16.3. The van der Waals surface area contributed by atoms with Crippen molar-refractivity contribution >= 4 is 27.3 Å². The van der Waals surface area contributed by atoms with Gasteiger partial charge in [-0.05, 0) is 37.0 Å². The van der Waals surface area contributed by atoms with E-state index in [2.05, 4.69) is 0 Å². The molecule has 7 heteroatoms. The topological polar surface area (TPSA) is 74.7 Å². The maximum atomic E-state index is 12.3. The van der Waals surface area contributed by atoms with Crippen LogP contribution in [0.3, 0.4) is 0 Å². The monoisotopic (exact) mass is 331 g/mol. The van der Waals surface area contributed by atoms with Gasteiger partial charge in [0, 0.05) is 25.4 Å². The summed E-state index contributed by atoms with van der Waals surface area (Å²) in [7, 11) is -1.81. The predicted octanol–water partition coefficient (Wildman–Crippen LogP) is 1.59. The predicted molar refractivity (Wildman–Crippen MR) is 80.3 cm³/mol. The molecule has 0 radical (unpaired) electrons. The van der Waals surface area contributed by atoms with E-state index in [1.54, 1.807) is 11.9 Å². The Labute approximate surface area is 129 Å². The number of hydrogen-bond donors (Lipinski definition) is 1. The number of aliphatic hydroxyl groups is 1. The van der Waals surface area contributed by atoms with Crippen LogP contribution in [0.2, 0.25) is 5.02 Å². The van der Waals surface area contributed by atoms with Crippen LogP contribution in [0.5, 0.6) is 0 Å². The highest BCUT2D eigenvalue weighted by molar-refractivity contribution is 7.90. The van der Waals surface area contributed by atoms with Crippen LogP contribution >= 0.6 is 11.6 Å². The van der Waals surface area contributed by atoms with Gasteiger partial charge in [0.1, 0.15) is 0 Å². The number of carbonyl (C=O) groups is 1. The molecule has 21 heavy (non-hydrogen) atoms. The smallest absolute Gasteiger partial charge is 0.253 e. The summed E-state index contributed by atoms with van der Waals surface area (Å²) in [6.07, 6.45) is 2.20. The molecule has 0 atom stereocenters. The van der Waals surface area contributed by atoms with Gasteiger partial charge in [0.25, 0.3) is 5.91 Å². The van der Waals surface area contributed by atoms with Crippen LogP contribution in [0, 0.1) is 5.92 Å². The van der Waals surface area contributed by atoms with Crippen LogP contribution < -0.4 is 0 Å². The molecule has 1 amide bonds. The maximum absolute atomic E-state index is 12.3. The van der Waals surface area contributed by atoms with Crippen molar-refractivity contribution < 1.29 is 18.3 Å². The van der Waals surface area contributed by atoms with Gasteiger partial charge in [-0.1, -0.05) is 11.6 Å². The minimum Gasteiger partial charge on any atom is -0.393 e. The van der Waals surface area contributed by atoms with Gasteiger partial charge in [-0.25, -0.2) is 8.42 Å². The second kappa shape index (κ2) is 5.94. The molecule has 5 nitrogen and oxygen atoms in total. The van der Waals surface area contributed by atoms with Crippen LogP contribution in [0.15, 0.2) is 23.1 Å². The molecule has 0 bridgehead atoms. The number of rotatable bonds is 4. The number of sulfone groups is 1. The number of benzene rings is 1. The number of halogens is 1. The fourth-order valence-electron chi connectivity index (χ4n) is 2.46. The van der Waals surface area contributed by atoms with Gasteiger partial charge >= 0.3 is 0 Å². The van der Waals surface area contributed by atoms with Crippen molar-refractivity contribution in [3.8, 4) is 0 Å². The summed E-state index contributed by atoms with van der Waals surface area (Å²) in [5, 5.41) is 9.37. The molecule has 0 heterocycles. The van der Waals surface area contributed by atoms with E-state index in [0.29, 0.717) is 30.9 Å². The van der Waals surface area contributed by atoms with Crippen molar-refractivity contribution in [3.63, 3.8) is 0 Å². The molecule has 1 aliphatic rings. The lowest BCUT2D eigenvalue weighted by molar-refractivity contribution is 0.0265. The number of carbonyl (C=O) groups excluding carboxylic acids is 1. The summed E-state index contributed by atoms with van der Waals surface area (Å²) in [5.74, 6) is 0.0496. The van der Waals surface area contributed by atoms with Crippen LogP contribution in [0.4, 0.5) is 0 Å². The van der Waals surface area contributed by atoms with Crippen LogP contribution in [-0.4, -0.2) is 50.3 Å². The summed E-state index contributed by atoms with van der Waals surface area (Å²) in [4.78, 5) is 13.8. The Morgan fingerprint density at radius 2 is 2.05 bits per heavy atom. The fourth-order valence-corrected chi connectivity index (χ4v) is 3.76. The Balaban J connectivity index is 2.15. The second-order valence-corrected chi connectivity index (χ2v) is 7.99. The Bertz CT molecular complexity index is 653. The number of aliphatic hydroxyl groups excluding tert-OH is 1. The minimum absolute atomic E-state index is 0.0394. The molecule has 1 saturated carbocycles. The first-order valence-electron chi connectivity index (χ1n) is 6.61. The first-order chi connectivity index (χ1) is 9.68. The van der Waals surface area contributed by atoms with E-state index in [0.717, 1.165) is 6.26 Å². The average molecular weight is 332 g/mol. The number of hydrogen-bond acceptors (Lipinski definition) is 4. The van der Waals surface area contributed by atoms with Gasteiger partial charge < -0.3 is 10.0 Å². The van der Waals surface area contributed by atoms with Gasteiger partial charge in [-0.15, -0.1) is 0 Å². The molecule has 116 valence electrons. The van der Waals surface area contributed by atoms with E-state index in [1.807, 2.05) is 0 Å². The standard InChI is InChI=1S/C14H18ClNO4S/c1-16(8-9-5-11(17)6-9)14(18)10-3-4-12(15)13(7-10)21(2,19)20/h3-4,7,9,11,17H,5-6,8H2,1-2H3. The average Bonchev–Trinajstić information content (AvgIpc) is 2.35. The Morgan fingerprint density at radius 3 is 2.57 bits per heavy atom. The van der Waals surface area contributed by atoms with E-state index in [-0.39, 0.29) is 21.9 Å². The molecule has 0 unspecified atom stereocenters. The maximum Gasteiger partial charge on any atom is 0.253 e. The third kappa shape index (κ3) is 3.75. The van der Waals surface area contributed by atoms with Gasteiger partial charge in [-0.2, -0.15) is 0 Å². The van der Waals surface area contributed by atoms with Crippen molar-refractivity contribution in [3.05, 3.63) is 28.8 Å². The molecule has 1 aromatic rings. The molecule has 1 aromatic carbocycles. The summed E-state index contributed by atoms with van der Waals surface area (Å²) in [6, 6.07) is 4.25. The summed E-state index contributed by atoms with van der Waals surface area (Å²) in [6.45, 7) is 0.548. The molecular weight excluding hydrogens is 314 g/mol. The molecule has 0 aromatic heterocycles. The number of amides is 1. The highest BCUT2D eigenvalue weighted by Gasteiger charge is 2.29. The molecule has 1 aliphatic carbocycles. The Morgan fingerprint density at radius 1 is 1.43 bits per heavy atom. The van der Waals surface area contributed by atoms with Gasteiger partial charge in [0.2, 0.25) is 0 Å². The molecule has 0 aliphatic heterocycles. The van der Waals surface area contributed by atoms with E-state index >= 15 is 0 Å². The molecule has 1 N–H and O–H groups in total. The van der Waals surface area contributed by atoms with E-state index in [4.69, 9.17) is 11.6 Å². The quantitative estimate of drug-likeness (QED) is 0.909. The molecule has 0 spiro atoms. The van der Waals surface area contributed by atoms with Crippen molar-refractivity contribution in [1.82, 2.24) is 4.90 Å². The third-order valence-corrected chi connectivity index (χ3v) is 5.25. The highest BCUT2D eigenvalue weighted by Crippen LogP contribution is 2.28. The lowest BCUT2D eigenvalue weighted by Gasteiger charge is -2.34. The van der Waals surface area contributed by atoms with Crippen LogP contribution in [-0.2, 0) is 9.84 Å². The first-order valence-corrected chi connectivity index (χ1v) is 8.88. The van der Waals surface area contributed by atoms with Crippen LogP contribution in [0.25, 0.3) is 0 Å². The molecular formula is C14H18ClNO4S. The Kier molecular flexibility index (Phi) is 4.60. The van der Waals surface area contributed by atoms with E-state index in [1.165, 1.54) is 18.2 Å². The van der Waals surface area contributed by atoms with Crippen molar-refractivity contribution in [2.75, 3.05) is 19.8 Å². The zero-order chi connectivity index (χ0) is 15.8. The summed E-state index contributed by atoms with van der Waals surface area (Å²) >= 11 is 5.87. The number of nitrogens with zero attached hydrogens (tertiary/aromatic N) is 1. The SMILES string of the molecule is CN(CC1CC(O)C1)C(=O)c1ccc(Cl)c(S(C)(=O)=O)c1. The van der Waals surface area contributed by atoms with Gasteiger partial charge in [0.15, 0.2) is 9.84 Å². The minimum atomic E-state index is -3.47. The Hall–Kier alpha value is -1.11. The normalized spacial score (nSPS) is 21.7. The van der Waals surface area contributed by atoms with Crippen LogP contribution in [0.1, 0.15) is 23.2 Å². The fraction of sp³-hybridized carbons (Fsp3) is 0.500.